The van der Waals surface area contributed by atoms with E-state index in [9.17, 15) is 0 Å². The Labute approximate surface area is 191 Å². The number of nitrogens with one attached hydrogen (secondary N) is 1. The van der Waals surface area contributed by atoms with Crippen molar-refractivity contribution in [1.82, 2.24) is 24.2 Å². The minimum absolute atomic E-state index is 0.262. The van der Waals surface area contributed by atoms with Crippen molar-refractivity contribution in [3.63, 3.8) is 0 Å². The van der Waals surface area contributed by atoms with E-state index in [0.29, 0.717) is 6.04 Å². The molecule has 2 aliphatic heterocycles. The summed E-state index contributed by atoms with van der Waals surface area (Å²) >= 11 is 0. The van der Waals surface area contributed by atoms with E-state index < -0.39 is 0 Å². The second-order valence-electron chi connectivity index (χ2n) is 9.30. The molecule has 0 saturated carbocycles. The molecule has 0 spiro atoms. The van der Waals surface area contributed by atoms with Crippen LogP contribution < -0.4 is 10.2 Å². The summed E-state index contributed by atoms with van der Waals surface area (Å²) in [4.78, 5) is 17.3. The van der Waals surface area contributed by atoms with Gasteiger partial charge in [0, 0.05) is 39.4 Å². The first-order valence-corrected chi connectivity index (χ1v) is 11.8. The Kier molecular flexibility index (Phi) is 5.78. The maximum atomic E-state index is 5.18. The standard InChI is InChI=1S/C25H35N7/c1-18-8-7-13-27-23(18)19-9-5-10-20(30(19)4)24-25(26-2)32-21(28-24)11-6-12-22(32)31-16-14-29(3)15-17-31/h6-8,11-13,19-20,26H,5,9-10,14-17H2,1-4H3/t19-,20+/m0/s1. The van der Waals surface area contributed by atoms with Crippen LogP contribution in [0.2, 0.25) is 0 Å². The van der Waals surface area contributed by atoms with Crippen molar-refractivity contribution in [1.29, 1.82) is 0 Å². The Bertz CT molecular complexity index is 1080. The lowest BCUT2D eigenvalue weighted by molar-refractivity contribution is 0.110. The van der Waals surface area contributed by atoms with Gasteiger partial charge in [-0.3, -0.25) is 14.3 Å². The zero-order chi connectivity index (χ0) is 22.2. The quantitative estimate of drug-likeness (QED) is 0.677. The summed E-state index contributed by atoms with van der Waals surface area (Å²) in [5.41, 5.74) is 4.64. The molecule has 0 unspecified atom stereocenters. The van der Waals surface area contributed by atoms with E-state index in [1.54, 1.807) is 0 Å². The molecule has 2 saturated heterocycles. The van der Waals surface area contributed by atoms with Gasteiger partial charge in [-0.05, 0) is 64.0 Å². The molecule has 3 aromatic rings. The predicted molar refractivity (Wildman–Crippen MR) is 131 cm³/mol. The third-order valence-corrected chi connectivity index (χ3v) is 7.33. The lowest BCUT2D eigenvalue weighted by Crippen LogP contribution is -2.45. The van der Waals surface area contributed by atoms with E-state index >= 15 is 0 Å². The second kappa shape index (κ2) is 8.71. The van der Waals surface area contributed by atoms with Crippen LogP contribution in [-0.4, -0.2) is 71.5 Å². The molecular formula is C25H35N7. The number of rotatable bonds is 4. The van der Waals surface area contributed by atoms with Crippen LogP contribution in [0.1, 0.15) is 48.3 Å². The molecule has 32 heavy (non-hydrogen) atoms. The topological polar surface area (TPSA) is 51.9 Å². The summed E-state index contributed by atoms with van der Waals surface area (Å²) in [6.45, 7) is 6.42. The molecule has 0 bridgehead atoms. The number of aryl methyl sites for hydroxylation is 1. The van der Waals surface area contributed by atoms with Crippen molar-refractivity contribution in [2.24, 2.45) is 0 Å². The highest BCUT2D eigenvalue weighted by molar-refractivity contribution is 5.63. The third-order valence-electron chi connectivity index (χ3n) is 7.33. The van der Waals surface area contributed by atoms with Crippen molar-refractivity contribution in [2.75, 3.05) is 57.5 Å². The SMILES string of the molecule is CNc1c([C@H]2CCC[C@@H](c3ncccc3C)N2C)nc2cccc(N3CCN(C)CC3)n12. The number of piperidine rings is 1. The highest BCUT2D eigenvalue weighted by Gasteiger charge is 2.35. The monoisotopic (exact) mass is 433 g/mol. The molecule has 170 valence electrons. The zero-order valence-corrected chi connectivity index (χ0v) is 19.8. The second-order valence-corrected chi connectivity index (χ2v) is 9.30. The third kappa shape index (κ3) is 3.63. The average molecular weight is 434 g/mol. The van der Waals surface area contributed by atoms with Crippen LogP contribution in [0.5, 0.6) is 0 Å². The molecule has 2 aliphatic rings. The number of pyridine rings is 2. The highest BCUT2D eigenvalue weighted by Crippen LogP contribution is 2.43. The molecule has 7 nitrogen and oxygen atoms in total. The van der Waals surface area contributed by atoms with Gasteiger partial charge in [-0.2, -0.15) is 0 Å². The minimum atomic E-state index is 0.262. The van der Waals surface area contributed by atoms with E-state index in [1.807, 2.05) is 19.3 Å². The summed E-state index contributed by atoms with van der Waals surface area (Å²) in [5, 5.41) is 3.51. The molecule has 0 aromatic carbocycles. The largest absolute Gasteiger partial charge is 0.373 e. The van der Waals surface area contributed by atoms with Gasteiger partial charge < -0.3 is 15.1 Å². The zero-order valence-electron chi connectivity index (χ0n) is 19.8. The highest BCUT2D eigenvalue weighted by atomic mass is 15.3. The van der Waals surface area contributed by atoms with E-state index in [0.717, 1.165) is 56.2 Å². The molecule has 3 aromatic heterocycles. The summed E-state index contributed by atoms with van der Waals surface area (Å²) in [7, 11) is 6.47. The van der Waals surface area contributed by atoms with Gasteiger partial charge in [0.15, 0.2) is 0 Å². The molecule has 5 heterocycles. The maximum absolute atomic E-state index is 5.18. The van der Waals surface area contributed by atoms with E-state index in [-0.39, 0.29) is 6.04 Å². The van der Waals surface area contributed by atoms with Crippen molar-refractivity contribution in [3.8, 4) is 0 Å². The first kappa shape index (κ1) is 21.2. The Balaban J connectivity index is 1.54. The van der Waals surface area contributed by atoms with Crippen LogP contribution in [0.3, 0.4) is 0 Å². The van der Waals surface area contributed by atoms with Gasteiger partial charge in [0.05, 0.1) is 17.8 Å². The molecule has 0 aliphatic carbocycles. The number of fused-ring (bicyclic) bond motifs is 1. The molecular weight excluding hydrogens is 398 g/mol. The number of piperazine rings is 1. The lowest BCUT2D eigenvalue weighted by Gasteiger charge is -2.39. The summed E-state index contributed by atoms with van der Waals surface area (Å²) < 4.78 is 2.32. The van der Waals surface area contributed by atoms with E-state index in [2.05, 4.69) is 69.7 Å². The average Bonchev–Trinajstić information content (AvgIpc) is 3.19. The lowest BCUT2D eigenvalue weighted by atomic mass is 9.91. The van der Waals surface area contributed by atoms with Crippen LogP contribution in [0.25, 0.3) is 5.65 Å². The molecule has 5 rings (SSSR count). The fraction of sp³-hybridized carbons (Fsp3) is 0.520. The maximum Gasteiger partial charge on any atom is 0.140 e. The Morgan fingerprint density at radius 1 is 0.938 bits per heavy atom. The molecule has 7 heteroatoms. The van der Waals surface area contributed by atoms with Crippen LogP contribution in [0.15, 0.2) is 36.5 Å². The minimum Gasteiger partial charge on any atom is -0.373 e. The van der Waals surface area contributed by atoms with Crippen LogP contribution >= 0.6 is 0 Å². The first-order chi connectivity index (χ1) is 15.6. The normalized spacial score (nSPS) is 23.1. The number of imidazole rings is 1. The fourth-order valence-electron chi connectivity index (χ4n) is 5.48. The van der Waals surface area contributed by atoms with Crippen molar-refractivity contribution in [3.05, 3.63) is 53.5 Å². The number of likely N-dealkylation sites (N-methyl/N-ethyl adjacent to an activating group) is 1. The van der Waals surface area contributed by atoms with Crippen LogP contribution in [0.4, 0.5) is 11.6 Å². The Hall–Kier alpha value is -2.64. The van der Waals surface area contributed by atoms with Gasteiger partial charge in [-0.25, -0.2) is 4.98 Å². The Morgan fingerprint density at radius 3 is 2.41 bits per heavy atom. The Morgan fingerprint density at radius 2 is 1.69 bits per heavy atom. The van der Waals surface area contributed by atoms with Gasteiger partial charge in [0.2, 0.25) is 0 Å². The molecule has 2 atom stereocenters. The predicted octanol–water partition coefficient (Wildman–Crippen LogP) is 3.73. The first-order valence-electron chi connectivity index (χ1n) is 11.8. The molecule has 0 amide bonds. The number of hydrogen-bond donors (Lipinski definition) is 1. The van der Waals surface area contributed by atoms with Gasteiger partial charge >= 0.3 is 0 Å². The van der Waals surface area contributed by atoms with Gasteiger partial charge in [0.1, 0.15) is 23.0 Å². The van der Waals surface area contributed by atoms with Gasteiger partial charge in [0.25, 0.3) is 0 Å². The van der Waals surface area contributed by atoms with Crippen molar-refractivity contribution >= 4 is 17.3 Å². The van der Waals surface area contributed by atoms with Gasteiger partial charge in [-0.15, -0.1) is 0 Å². The van der Waals surface area contributed by atoms with E-state index in [4.69, 9.17) is 9.97 Å². The van der Waals surface area contributed by atoms with Crippen LogP contribution in [-0.2, 0) is 0 Å². The van der Waals surface area contributed by atoms with Crippen LogP contribution in [0, 0.1) is 6.92 Å². The summed E-state index contributed by atoms with van der Waals surface area (Å²) in [5.74, 6) is 2.35. The molecule has 1 N–H and O–H groups in total. The number of anilines is 2. The van der Waals surface area contributed by atoms with E-state index in [1.165, 1.54) is 23.5 Å². The summed E-state index contributed by atoms with van der Waals surface area (Å²) in [6, 6.07) is 11.3. The van der Waals surface area contributed by atoms with Crippen molar-refractivity contribution < 1.29 is 0 Å². The molecule has 2 fully saturated rings. The number of nitrogens with zero attached hydrogens (tertiary/aromatic N) is 6. The van der Waals surface area contributed by atoms with Crippen molar-refractivity contribution in [2.45, 2.75) is 38.3 Å². The smallest absolute Gasteiger partial charge is 0.140 e. The number of aromatic nitrogens is 3. The fourth-order valence-corrected chi connectivity index (χ4v) is 5.48. The van der Waals surface area contributed by atoms with Gasteiger partial charge in [-0.1, -0.05) is 12.1 Å². The number of hydrogen-bond acceptors (Lipinski definition) is 6. The number of likely N-dealkylation sites (tertiary alicyclic amines) is 1. The molecule has 0 radical (unpaired) electrons. The summed E-state index contributed by atoms with van der Waals surface area (Å²) in [6.07, 6.45) is 5.35.